The molecule has 1 amide bonds. The largest absolute Gasteiger partial charge is 0.397 e. The fraction of sp³-hybridized carbons (Fsp3) is 0.350. The van der Waals surface area contributed by atoms with E-state index in [1.54, 1.807) is 0 Å². The van der Waals surface area contributed by atoms with Crippen LogP contribution in [0.5, 0.6) is 0 Å². The summed E-state index contributed by atoms with van der Waals surface area (Å²) in [6.07, 6.45) is 3.67. The number of anilines is 2. The molecule has 0 bridgehead atoms. The molecule has 0 saturated carbocycles. The van der Waals surface area contributed by atoms with Gasteiger partial charge >= 0.3 is 0 Å². The maximum atomic E-state index is 12.0. The molecule has 0 aromatic heterocycles. The van der Waals surface area contributed by atoms with Crippen LogP contribution in [-0.2, 0) is 17.8 Å². The van der Waals surface area contributed by atoms with Gasteiger partial charge in [-0.3, -0.25) is 4.79 Å². The van der Waals surface area contributed by atoms with E-state index in [1.165, 1.54) is 12.8 Å². The molecule has 3 N–H and O–H groups in total. The zero-order valence-corrected chi connectivity index (χ0v) is 14.0. The van der Waals surface area contributed by atoms with Crippen LogP contribution < -0.4 is 16.0 Å². The Morgan fingerprint density at radius 2 is 1.79 bits per heavy atom. The van der Waals surface area contributed by atoms with E-state index < -0.39 is 0 Å². The highest BCUT2D eigenvalue weighted by Gasteiger charge is 2.15. The Morgan fingerprint density at radius 3 is 2.50 bits per heavy atom. The molecule has 4 heteroatoms. The first-order valence-electron chi connectivity index (χ1n) is 8.66. The number of carbonyl (C=O) groups excluding carboxylic acids is 1. The third kappa shape index (κ3) is 4.28. The SMILES string of the molecule is Nc1cc(CCC(=O)NCc2ccccc2)ccc1N1CCCC1. The summed E-state index contributed by atoms with van der Waals surface area (Å²) >= 11 is 0. The molecule has 1 fully saturated rings. The third-order valence-electron chi connectivity index (χ3n) is 4.51. The summed E-state index contributed by atoms with van der Waals surface area (Å²) in [7, 11) is 0. The monoisotopic (exact) mass is 323 g/mol. The van der Waals surface area contributed by atoms with Gasteiger partial charge in [-0.05, 0) is 42.5 Å². The fourth-order valence-electron chi connectivity index (χ4n) is 3.15. The molecule has 1 heterocycles. The number of aryl methyl sites for hydroxylation is 1. The minimum atomic E-state index is 0.0704. The van der Waals surface area contributed by atoms with Gasteiger partial charge in [-0.2, -0.15) is 0 Å². The maximum absolute atomic E-state index is 12.0. The Hall–Kier alpha value is -2.49. The quantitative estimate of drug-likeness (QED) is 0.803. The summed E-state index contributed by atoms with van der Waals surface area (Å²) in [5.41, 5.74) is 10.4. The van der Waals surface area contributed by atoms with Gasteiger partial charge in [-0.15, -0.1) is 0 Å². The number of rotatable bonds is 6. The highest BCUT2D eigenvalue weighted by molar-refractivity contribution is 5.76. The lowest BCUT2D eigenvalue weighted by atomic mass is 10.1. The van der Waals surface area contributed by atoms with Crippen molar-refractivity contribution in [2.24, 2.45) is 0 Å². The number of nitrogens with one attached hydrogen (secondary N) is 1. The van der Waals surface area contributed by atoms with Crippen molar-refractivity contribution in [3.63, 3.8) is 0 Å². The molecule has 4 nitrogen and oxygen atoms in total. The van der Waals surface area contributed by atoms with Crippen molar-refractivity contribution < 1.29 is 4.79 Å². The van der Waals surface area contributed by atoms with Crippen molar-refractivity contribution in [2.75, 3.05) is 23.7 Å². The second kappa shape index (κ2) is 7.86. The zero-order valence-electron chi connectivity index (χ0n) is 14.0. The van der Waals surface area contributed by atoms with Crippen molar-refractivity contribution in [3.05, 3.63) is 59.7 Å². The molecule has 126 valence electrons. The van der Waals surface area contributed by atoms with Crippen LogP contribution in [0.2, 0.25) is 0 Å². The molecule has 0 atom stereocenters. The molecule has 1 aliphatic rings. The summed E-state index contributed by atoms with van der Waals surface area (Å²) in [6.45, 7) is 2.76. The second-order valence-corrected chi connectivity index (χ2v) is 6.35. The lowest BCUT2D eigenvalue weighted by molar-refractivity contribution is -0.121. The molecule has 0 radical (unpaired) electrons. The number of carbonyl (C=O) groups is 1. The molecule has 1 aliphatic heterocycles. The van der Waals surface area contributed by atoms with Crippen molar-refractivity contribution in [3.8, 4) is 0 Å². The molecule has 0 unspecified atom stereocenters. The Bertz CT molecular complexity index is 679. The van der Waals surface area contributed by atoms with Gasteiger partial charge in [0.15, 0.2) is 0 Å². The molecule has 1 saturated heterocycles. The molecular formula is C20H25N3O. The Morgan fingerprint density at radius 1 is 1.04 bits per heavy atom. The predicted octanol–water partition coefficient (Wildman–Crippen LogP) is 3.12. The van der Waals surface area contributed by atoms with Gasteiger partial charge in [0.2, 0.25) is 5.91 Å². The molecule has 0 spiro atoms. The molecule has 2 aromatic rings. The van der Waals surface area contributed by atoms with E-state index in [0.29, 0.717) is 19.4 Å². The van der Waals surface area contributed by atoms with Crippen LogP contribution in [0.25, 0.3) is 0 Å². The van der Waals surface area contributed by atoms with Crippen LogP contribution in [0.15, 0.2) is 48.5 Å². The summed E-state index contributed by atoms with van der Waals surface area (Å²) in [4.78, 5) is 14.3. The van der Waals surface area contributed by atoms with E-state index in [0.717, 1.165) is 35.6 Å². The molecular weight excluding hydrogens is 298 g/mol. The Labute approximate surface area is 143 Å². The van der Waals surface area contributed by atoms with Gasteiger partial charge in [-0.1, -0.05) is 36.4 Å². The van der Waals surface area contributed by atoms with Gasteiger partial charge in [-0.25, -0.2) is 0 Å². The van der Waals surface area contributed by atoms with Crippen molar-refractivity contribution in [2.45, 2.75) is 32.2 Å². The van der Waals surface area contributed by atoms with E-state index >= 15 is 0 Å². The first-order chi connectivity index (χ1) is 11.7. The second-order valence-electron chi connectivity index (χ2n) is 6.35. The average molecular weight is 323 g/mol. The normalized spacial score (nSPS) is 13.9. The fourth-order valence-corrected chi connectivity index (χ4v) is 3.15. The summed E-state index contributed by atoms with van der Waals surface area (Å²) in [5, 5.41) is 2.96. The van der Waals surface area contributed by atoms with Crippen LogP contribution in [0.1, 0.15) is 30.4 Å². The van der Waals surface area contributed by atoms with E-state index in [1.807, 2.05) is 36.4 Å². The lowest BCUT2D eigenvalue weighted by Gasteiger charge is -2.20. The number of amides is 1. The number of benzene rings is 2. The first kappa shape index (κ1) is 16.4. The molecule has 24 heavy (non-hydrogen) atoms. The summed E-state index contributed by atoms with van der Waals surface area (Å²) < 4.78 is 0. The summed E-state index contributed by atoms with van der Waals surface area (Å²) in [6, 6.07) is 16.2. The number of nitrogens with zero attached hydrogens (tertiary/aromatic N) is 1. The lowest BCUT2D eigenvalue weighted by Crippen LogP contribution is -2.23. The van der Waals surface area contributed by atoms with E-state index in [2.05, 4.69) is 22.3 Å². The maximum Gasteiger partial charge on any atom is 0.220 e. The number of nitrogen functional groups attached to an aromatic ring is 1. The third-order valence-corrected chi connectivity index (χ3v) is 4.51. The van der Waals surface area contributed by atoms with Gasteiger partial charge in [0.05, 0.1) is 11.4 Å². The molecule has 0 aliphatic carbocycles. The van der Waals surface area contributed by atoms with Gasteiger partial charge in [0, 0.05) is 26.1 Å². The van der Waals surface area contributed by atoms with Crippen LogP contribution >= 0.6 is 0 Å². The van der Waals surface area contributed by atoms with Crippen LogP contribution in [-0.4, -0.2) is 19.0 Å². The van der Waals surface area contributed by atoms with Crippen molar-refractivity contribution in [1.82, 2.24) is 5.32 Å². The molecule has 2 aromatic carbocycles. The standard InChI is InChI=1S/C20H25N3O/c21-18-14-16(8-10-19(18)23-12-4-5-13-23)9-11-20(24)22-15-17-6-2-1-3-7-17/h1-3,6-8,10,14H,4-5,9,11-13,15,21H2,(H,22,24). The minimum absolute atomic E-state index is 0.0704. The number of hydrogen-bond acceptors (Lipinski definition) is 3. The summed E-state index contributed by atoms with van der Waals surface area (Å²) in [5.74, 6) is 0.0704. The van der Waals surface area contributed by atoms with Gasteiger partial charge in [0.1, 0.15) is 0 Å². The smallest absolute Gasteiger partial charge is 0.220 e. The first-order valence-corrected chi connectivity index (χ1v) is 8.66. The molecule has 3 rings (SSSR count). The topological polar surface area (TPSA) is 58.4 Å². The number of hydrogen-bond donors (Lipinski definition) is 2. The van der Waals surface area contributed by atoms with Crippen LogP contribution in [0, 0.1) is 0 Å². The van der Waals surface area contributed by atoms with E-state index in [9.17, 15) is 4.79 Å². The predicted molar refractivity (Wildman–Crippen MR) is 98.9 cm³/mol. The average Bonchev–Trinajstić information content (AvgIpc) is 3.13. The van der Waals surface area contributed by atoms with Gasteiger partial charge < -0.3 is 16.0 Å². The van der Waals surface area contributed by atoms with Crippen LogP contribution in [0.3, 0.4) is 0 Å². The van der Waals surface area contributed by atoms with E-state index in [-0.39, 0.29) is 5.91 Å². The van der Waals surface area contributed by atoms with E-state index in [4.69, 9.17) is 5.73 Å². The minimum Gasteiger partial charge on any atom is -0.397 e. The zero-order chi connectivity index (χ0) is 16.8. The number of nitrogens with two attached hydrogens (primary N) is 1. The Balaban J connectivity index is 1.49. The van der Waals surface area contributed by atoms with Crippen molar-refractivity contribution in [1.29, 1.82) is 0 Å². The van der Waals surface area contributed by atoms with Crippen LogP contribution in [0.4, 0.5) is 11.4 Å². The highest BCUT2D eigenvalue weighted by atomic mass is 16.1. The Kier molecular flexibility index (Phi) is 5.36. The van der Waals surface area contributed by atoms with Crippen molar-refractivity contribution >= 4 is 17.3 Å². The van der Waals surface area contributed by atoms with Gasteiger partial charge in [0.25, 0.3) is 0 Å². The highest BCUT2D eigenvalue weighted by Crippen LogP contribution is 2.27.